The zero-order valence-corrected chi connectivity index (χ0v) is 19.3. The van der Waals surface area contributed by atoms with Crippen molar-refractivity contribution in [2.24, 2.45) is 4.99 Å². The average molecular weight is 476 g/mol. The maximum absolute atomic E-state index is 14.3. The zero-order valence-electron chi connectivity index (χ0n) is 19.3. The minimum Gasteiger partial charge on any atom is -0.497 e. The van der Waals surface area contributed by atoms with E-state index in [1.807, 2.05) is 0 Å². The number of esters is 2. The molecule has 1 atom stereocenters. The van der Waals surface area contributed by atoms with E-state index >= 15 is 0 Å². The third-order valence-electron chi connectivity index (χ3n) is 5.50. The number of amides is 1. The summed E-state index contributed by atoms with van der Waals surface area (Å²) in [4.78, 5) is 56.8. The highest BCUT2D eigenvalue weighted by Crippen LogP contribution is 2.43. The standard InChI is InChI=1S/C25H20N2O8/c1-32-16-9-5-14(6-10-16)21(28)25(15-7-11-17(33-2)12-8-15)19(23(30)34-3)18(13-26)22(29)27-20(25)24(31)35-4/h5-12H,1-4H3/t25-/m1/s1. The maximum Gasteiger partial charge on any atom is 0.354 e. The molecular formula is C25H20N2O8. The van der Waals surface area contributed by atoms with E-state index in [4.69, 9.17) is 18.9 Å². The molecule has 3 rings (SSSR count). The van der Waals surface area contributed by atoms with Crippen LogP contribution in [-0.2, 0) is 29.3 Å². The molecule has 1 amide bonds. The van der Waals surface area contributed by atoms with Gasteiger partial charge in [0.15, 0.2) is 11.5 Å². The van der Waals surface area contributed by atoms with Crippen molar-refractivity contribution in [2.75, 3.05) is 28.4 Å². The summed E-state index contributed by atoms with van der Waals surface area (Å²) in [6.07, 6.45) is 0. The van der Waals surface area contributed by atoms with Gasteiger partial charge in [0.1, 0.15) is 28.6 Å². The second kappa shape index (κ2) is 10.0. The monoisotopic (exact) mass is 476 g/mol. The van der Waals surface area contributed by atoms with E-state index in [0.29, 0.717) is 11.5 Å². The van der Waals surface area contributed by atoms with Gasteiger partial charge in [-0.05, 0) is 42.0 Å². The number of carbonyl (C=O) groups is 4. The van der Waals surface area contributed by atoms with Gasteiger partial charge in [0, 0.05) is 5.56 Å². The molecule has 0 aromatic heterocycles. The van der Waals surface area contributed by atoms with Crippen molar-refractivity contribution >= 4 is 29.3 Å². The fourth-order valence-electron chi connectivity index (χ4n) is 3.84. The number of Topliss-reactive ketones (excluding diaryl/α,β-unsaturated/α-hetero) is 1. The van der Waals surface area contributed by atoms with Crippen LogP contribution in [0.15, 0.2) is 64.7 Å². The Kier molecular flexibility index (Phi) is 7.11. The van der Waals surface area contributed by atoms with Gasteiger partial charge in [-0.15, -0.1) is 0 Å². The number of ketones is 1. The van der Waals surface area contributed by atoms with Crippen LogP contribution >= 0.6 is 0 Å². The second-order valence-electron chi connectivity index (χ2n) is 7.15. The van der Waals surface area contributed by atoms with Gasteiger partial charge >= 0.3 is 11.9 Å². The number of methoxy groups -OCH3 is 4. The van der Waals surface area contributed by atoms with Crippen LogP contribution < -0.4 is 9.47 Å². The lowest BCUT2D eigenvalue weighted by Gasteiger charge is -2.36. The summed E-state index contributed by atoms with van der Waals surface area (Å²) in [5, 5.41) is 9.77. The van der Waals surface area contributed by atoms with E-state index in [-0.39, 0.29) is 11.1 Å². The Balaban J connectivity index is 2.52. The van der Waals surface area contributed by atoms with E-state index in [2.05, 4.69) is 4.99 Å². The quantitative estimate of drug-likeness (QED) is 0.433. The van der Waals surface area contributed by atoms with Gasteiger partial charge in [-0.25, -0.2) is 14.6 Å². The van der Waals surface area contributed by atoms with E-state index in [9.17, 15) is 24.4 Å². The maximum atomic E-state index is 14.3. The molecule has 2 aromatic rings. The number of ether oxygens (including phenoxy) is 4. The predicted molar refractivity (Wildman–Crippen MR) is 121 cm³/mol. The van der Waals surface area contributed by atoms with Crippen LogP contribution in [0.3, 0.4) is 0 Å². The van der Waals surface area contributed by atoms with Crippen LogP contribution in [0.4, 0.5) is 0 Å². The highest BCUT2D eigenvalue weighted by atomic mass is 16.5. The fourth-order valence-corrected chi connectivity index (χ4v) is 3.84. The normalized spacial score (nSPS) is 17.1. The molecule has 178 valence electrons. The Labute approximate surface area is 200 Å². The summed E-state index contributed by atoms with van der Waals surface area (Å²) in [7, 11) is 4.94. The third kappa shape index (κ3) is 4.04. The molecule has 0 aliphatic carbocycles. The molecule has 10 nitrogen and oxygen atoms in total. The first-order valence-electron chi connectivity index (χ1n) is 10.1. The zero-order chi connectivity index (χ0) is 25.8. The van der Waals surface area contributed by atoms with Crippen molar-refractivity contribution in [2.45, 2.75) is 5.41 Å². The number of carbonyl (C=O) groups excluding carboxylic acids is 4. The SMILES string of the molecule is COC(=O)C1=NC(=O)C(C#N)=C(C(=O)OC)[C@]1(C(=O)c1ccc(OC)cc1)c1ccc(OC)cc1. The summed E-state index contributed by atoms with van der Waals surface area (Å²) in [5.74, 6) is -3.45. The highest BCUT2D eigenvalue weighted by molar-refractivity contribution is 6.51. The number of hydrogen-bond acceptors (Lipinski definition) is 9. The molecule has 0 unspecified atom stereocenters. The molecule has 35 heavy (non-hydrogen) atoms. The van der Waals surface area contributed by atoms with Crippen molar-refractivity contribution in [3.8, 4) is 17.6 Å². The third-order valence-corrected chi connectivity index (χ3v) is 5.50. The molecule has 1 aliphatic heterocycles. The molecule has 2 aromatic carbocycles. The van der Waals surface area contributed by atoms with Gasteiger partial charge in [-0.1, -0.05) is 12.1 Å². The molecule has 0 saturated carbocycles. The van der Waals surface area contributed by atoms with Gasteiger partial charge in [0.2, 0.25) is 0 Å². The van der Waals surface area contributed by atoms with Crippen molar-refractivity contribution < 1.29 is 38.1 Å². The number of hydrogen-bond donors (Lipinski definition) is 0. The molecule has 0 N–H and O–H groups in total. The minimum absolute atomic E-state index is 0.0336. The molecule has 1 aliphatic rings. The van der Waals surface area contributed by atoms with Crippen LogP contribution in [-0.4, -0.2) is 57.8 Å². The van der Waals surface area contributed by atoms with E-state index < -0.39 is 45.9 Å². The van der Waals surface area contributed by atoms with Crippen LogP contribution in [0.1, 0.15) is 15.9 Å². The molecular weight excluding hydrogens is 456 g/mol. The first kappa shape index (κ1) is 24.9. The Morgan fingerprint density at radius 3 is 1.80 bits per heavy atom. The lowest BCUT2D eigenvalue weighted by Crippen LogP contribution is -2.54. The van der Waals surface area contributed by atoms with Gasteiger partial charge in [-0.2, -0.15) is 5.26 Å². The van der Waals surface area contributed by atoms with Gasteiger partial charge in [0.25, 0.3) is 5.91 Å². The number of nitrogens with zero attached hydrogens (tertiary/aromatic N) is 2. The molecule has 1 heterocycles. The van der Waals surface area contributed by atoms with Crippen molar-refractivity contribution in [3.05, 3.63) is 70.8 Å². The first-order chi connectivity index (χ1) is 16.8. The van der Waals surface area contributed by atoms with Crippen molar-refractivity contribution in [1.29, 1.82) is 5.26 Å². The molecule has 0 radical (unpaired) electrons. The topological polar surface area (TPSA) is 141 Å². The number of nitriles is 1. The number of benzene rings is 2. The van der Waals surface area contributed by atoms with E-state index in [1.54, 1.807) is 6.07 Å². The summed E-state index contributed by atoms with van der Waals surface area (Å²) in [6, 6.07) is 13.3. The fraction of sp³-hybridized carbons (Fsp3) is 0.200. The lowest BCUT2D eigenvalue weighted by atomic mass is 9.63. The van der Waals surface area contributed by atoms with E-state index in [0.717, 1.165) is 14.2 Å². The Hall–Kier alpha value is -4.78. The van der Waals surface area contributed by atoms with E-state index in [1.165, 1.54) is 62.8 Å². The van der Waals surface area contributed by atoms with Crippen molar-refractivity contribution in [1.82, 2.24) is 0 Å². The lowest BCUT2D eigenvalue weighted by molar-refractivity contribution is -0.137. The molecule has 0 spiro atoms. The Bertz CT molecular complexity index is 1300. The average Bonchev–Trinajstić information content (AvgIpc) is 2.91. The van der Waals surface area contributed by atoms with Gasteiger partial charge in [-0.3, -0.25) is 9.59 Å². The Morgan fingerprint density at radius 1 is 0.829 bits per heavy atom. The summed E-state index contributed by atoms with van der Waals surface area (Å²) >= 11 is 0. The number of rotatable bonds is 7. The largest absolute Gasteiger partial charge is 0.497 e. The minimum atomic E-state index is -2.35. The van der Waals surface area contributed by atoms with Gasteiger partial charge < -0.3 is 18.9 Å². The molecule has 10 heteroatoms. The second-order valence-corrected chi connectivity index (χ2v) is 7.15. The molecule has 0 saturated heterocycles. The summed E-state index contributed by atoms with van der Waals surface area (Å²) in [6.45, 7) is 0. The summed E-state index contributed by atoms with van der Waals surface area (Å²) in [5.41, 5.74) is -4.32. The first-order valence-corrected chi connectivity index (χ1v) is 10.1. The number of aliphatic imine (C=N–C) groups is 1. The van der Waals surface area contributed by atoms with Crippen LogP contribution in [0.5, 0.6) is 11.5 Å². The summed E-state index contributed by atoms with van der Waals surface area (Å²) < 4.78 is 20.0. The smallest absolute Gasteiger partial charge is 0.354 e. The Morgan fingerprint density at radius 2 is 1.34 bits per heavy atom. The van der Waals surface area contributed by atoms with Crippen molar-refractivity contribution in [3.63, 3.8) is 0 Å². The highest BCUT2D eigenvalue weighted by Gasteiger charge is 2.58. The molecule has 0 fully saturated rings. The van der Waals surface area contributed by atoms with Crippen LogP contribution in [0.25, 0.3) is 0 Å². The van der Waals surface area contributed by atoms with Crippen LogP contribution in [0.2, 0.25) is 0 Å². The predicted octanol–water partition coefficient (Wildman–Crippen LogP) is 1.97. The van der Waals surface area contributed by atoms with Gasteiger partial charge in [0.05, 0.1) is 34.0 Å². The number of dihydropyridines is 1. The van der Waals surface area contributed by atoms with Crippen LogP contribution in [0, 0.1) is 11.3 Å². The molecule has 0 bridgehead atoms.